The summed E-state index contributed by atoms with van der Waals surface area (Å²) in [7, 11) is -0.997. The highest BCUT2D eigenvalue weighted by Crippen LogP contribution is 2.50. The van der Waals surface area contributed by atoms with Crippen molar-refractivity contribution in [3.8, 4) is 0 Å². The summed E-state index contributed by atoms with van der Waals surface area (Å²) in [6.45, 7) is 3.73. The third kappa shape index (κ3) is 4.92. The molecule has 0 bridgehead atoms. The number of benzene rings is 2. The smallest absolute Gasteiger partial charge is 0.423 e. The average molecular weight is 633 g/mol. The molecule has 2 aliphatic rings. The van der Waals surface area contributed by atoms with Gasteiger partial charge in [-0.15, -0.1) is 0 Å². The number of aryl methyl sites for hydroxylation is 1. The van der Waals surface area contributed by atoms with E-state index in [1.807, 2.05) is 26.0 Å². The summed E-state index contributed by atoms with van der Waals surface area (Å²) in [5, 5.41) is 12.8. The number of Topliss-reactive ketones (excluding diaryl/α,β-unsaturated/α-hetero) is 1. The Hall–Kier alpha value is -3.38. The van der Waals surface area contributed by atoms with E-state index in [1.54, 1.807) is 40.9 Å². The van der Waals surface area contributed by atoms with Gasteiger partial charge in [-0.25, -0.2) is 4.39 Å². The molecule has 1 N–H and O–H groups in total. The van der Waals surface area contributed by atoms with Crippen LogP contribution in [0.2, 0.25) is 10.0 Å². The van der Waals surface area contributed by atoms with Crippen molar-refractivity contribution < 1.29 is 36.9 Å². The third-order valence-corrected chi connectivity index (χ3v) is 8.55. The minimum atomic E-state index is -4.95. The number of nitrogens with zero attached hydrogens (tertiary/aromatic N) is 2. The molecule has 0 saturated carbocycles. The molecule has 0 amide bonds. The van der Waals surface area contributed by atoms with Crippen molar-refractivity contribution >= 4 is 52.8 Å². The van der Waals surface area contributed by atoms with Crippen LogP contribution < -0.4 is 5.46 Å². The van der Waals surface area contributed by atoms with Gasteiger partial charge >= 0.3 is 13.3 Å². The molecule has 2 aromatic heterocycles. The first kappa shape index (κ1) is 29.7. The van der Waals surface area contributed by atoms with Gasteiger partial charge in [-0.3, -0.25) is 4.79 Å². The molecule has 0 saturated heterocycles. The molecule has 4 aromatic rings. The Balaban J connectivity index is 1.26. The molecular weight excluding hydrogens is 610 g/mol. The van der Waals surface area contributed by atoms with E-state index in [9.17, 15) is 27.4 Å². The maximum Gasteiger partial charge on any atom is 0.492 e. The van der Waals surface area contributed by atoms with Crippen molar-refractivity contribution in [1.29, 1.82) is 0 Å². The van der Waals surface area contributed by atoms with E-state index < -0.39 is 52.3 Å². The highest BCUT2D eigenvalue weighted by molar-refractivity contribution is 6.61. The molecule has 1 unspecified atom stereocenters. The zero-order valence-electron chi connectivity index (χ0n) is 22.8. The Labute approximate surface area is 253 Å². The predicted octanol–water partition coefficient (Wildman–Crippen LogP) is 6.74. The van der Waals surface area contributed by atoms with Gasteiger partial charge in [-0.1, -0.05) is 46.6 Å². The molecule has 13 heteroatoms. The number of alkyl halides is 3. The Morgan fingerprint density at radius 3 is 2.53 bits per heavy atom. The zero-order chi connectivity index (χ0) is 30.9. The van der Waals surface area contributed by atoms with Crippen molar-refractivity contribution in [2.45, 2.75) is 50.5 Å². The first-order valence-corrected chi connectivity index (χ1v) is 14.1. The number of carbonyl (C=O) groups excluding carboxylic acids is 1. The number of ketones is 1. The maximum atomic E-state index is 14.5. The number of oxime groups is 1. The van der Waals surface area contributed by atoms with Crippen LogP contribution in [0.5, 0.6) is 0 Å². The lowest BCUT2D eigenvalue weighted by Crippen LogP contribution is -2.42. The van der Waals surface area contributed by atoms with E-state index in [4.69, 9.17) is 32.7 Å². The highest BCUT2D eigenvalue weighted by Gasteiger charge is 2.62. The second-order valence-electron chi connectivity index (χ2n) is 11.1. The Morgan fingerprint density at radius 1 is 1.12 bits per heavy atom. The lowest BCUT2D eigenvalue weighted by Gasteiger charge is -2.29. The molecule has 2 aliphatic heterocycles. The van der Waals surface area contributed by atoms with Crippen LogP contribution >= 0.6 is 23.2 Å². The lowest BCUT2D eigenvalue weighted by molar-refractivity contribution is -0.275. The fourth-order valence-electron chi connectivity index (χ4n) is 5.73. The molecule has 222 valence electrons. The summed E-state index contributed by atoms with van der Waals surface area (Å²) in [5.41, 5.74) is -0.474. The first-order chi connectivity index (χ1) is 20.2. The summed E-state index contributed by atoms with van der Waals surface area (Å²) in [4.78, 5) is 18.4. The van der Waals surface area contributed by atoms with Crippen molar-refractivity contribution in [3.63, 3.8) is 0 Å². The van der Waals surface area contributed by atoms with Crippen molar-refractivity contribution in [1.82, 2.24) is 4.40 Å². The number of pyridine rings is 1. The molecule has 0 aliphatic carbocycles. The van der Waals surface area contributed by atoms with Crippen molar-refractivity contribution in [2.24, 2.45) is 5.16 Å². The predicted molar refractivity (Wildman–Crippen MR) is 155 cm³/mol. The number of rotatable bonds is 6. The quantitative estimate of drug-likeness (QED) is 0.111. The molecular formula is C30H23BCl2F4N2O4. The van der Waals surface area contributed by atoms with Gasteiger partial charge in [0.2, 0.25) is 0 Å². The van der Waals surface area contributed by atoms with E-state index in [2.05, 4.69) is 5.16 Å². The minimum absolute atomic E-state index is 0.0123. The zero-order valence-corrected chi connectivity index (χ0v) is 24.3. The summed E-state index contributed by atoms with van der Waals surface area (Å²) in [5.74, 6) is -1.21. The van der Waals surface area contributed by atoms with Crippen molar-refractivity contribution in [3.05, 3.63) is 105 Å². The number of aromatic nitrogens is 1. The van der Waals surface area contributed by atoms with E-state index in [0.29, 0.717) is 28.7 Å². The molecule has 2 aromatic carbocycles. The van der Waals surface area contributed by atoms with Crippen LogP contribution in [0.25, 0.3) is 5.52 Å². The monoisotopic (exact) mass is 632 g/mol. The lowest BCUT2D eigenvalue weighted by atomic mass is 9.77. The molecule has 0 radical (unpaired) electrons. The Morgan fingerprint density at radius 2 is 1.84 bits per heavy atom. The molecule has 1 atom stereocenters. The SMILES string of the molecule is CC1(C)OB(O)c2ccc(CCC(=O)c3ccc(C4=NOC(c5cc(Cl)c(F)c(Cl)c5)(C(F)(F)F)C4)c4cccn34)cc21. The maximum absolute atomic E-state index is 14.5. The van der Waals surface area contributed by atoms with E-state index >= 15 is 0 Å². The fraction of sp³-hybridized carbons (Fsp3) is 0.267. The average Bonchev–Trinajstić information content (AvgIpc) is 3.66. The number of halogens is 6. The summed E-state index contributed by atoms with van der Waals surface area (Å²) in [6, 6.07) is 13.7. The topological polar surface area (TPSA) is 72.5 Å². The van der Waals surface area contributed by atoms with Gasteiger partial charge in [0.1, 0.15) is 0 Å². The second kappa shape index (κ2) is 10.4. The number of hydrogen-bond donors (Lipinski definition) is 1. The standard InChI is InChI=1S/C30H23BCl2F4N2O4/c1-28(2)19-12-16(5-8-20(19)31(41)42-28)6-10-26(40)25-9-7-18(24-4-3-11-39(24)25)23-15-29(43-38-23,30(35,36)37)17-13-21(32)27(34)22(33)14-17/h3-5,7-9,11-14,41H,6,10,15H2,1-2H3. The molecule has 0 fully saturated rings. The van der Waals surface area contributed by atoms with Crippen LogP contribution in [0.3, 0.4) is 0 Å². The van der Waals surface area contributed by atoms with Crippen LogP contribution in [0.1, 0.15) is 59.4 Å². The third-order valence-electron chi connectivity index (χ3n) is 8.00. The Bertz CT molecular complexity index is 1800. The van der Waals surface area contributed by atoms with Crippen molar-refractivity contribution in [2.75, 3.05) is 0 Å². The van der Waals surface area contributed by atoms with Gasteiger partial charge in [0.05, 0.1) is 39.0 Å². The van der Waals surface area contributed by atoms with Crippen LogP contribution in [-0.2, 0) is 27.1 Å². The summed E-state index contributed by atoms with van der Waals surface area (Å²) >= 11 is 11.6. The first-order valence-electron chi connectivity index (χ1n) is 13.3. The van der Waals surface area contributed by atoms with Gasteiger partial charge in [0.25, 0.3) is 5.60 Å². The second-order valence-corrected chi connectivity index (χ2v) is 11.9. The van der Waals surface area contributed by atoms with Crippen LogP contribution in [-0.4, -0.2) is 34.2 Å². The summed E-state index contributed by atoms with van der Waals surface area (Å²) in [6.07, 6.45) is -3.43. The molecule has 6 nitrogen and oxygen atoms in total. The molecule has 0 spiro atoms. The largest absolute Gasteiger partial charge is 0.492 e. The van der Waals surface area contributed by atoms with E-state index in [-0.39, 0.29) is 17.9 Å². The van der Waals surface area contributed by atoms with Gasteiger partial charge in [0, 0.05) is 23.7 Å². The normalized spacial score (nSPS) is 19.5. The highest BCUT2D eigenvalue weighted by atomic mass is 35.5. The van der Waals surface area contributed by atoms with Gasteiger partial charge in [0.15, 0.2) is 11.6 Å². The van der Waals surface area contributed by atoms with Gasteiger partial charge in [-0.2, -0.15) is 13.2 Å². The molecule has 6 rings (SSSR count). The van der Waals surface area contributed by atoms with Gasteiger partial charge in [-0.05, 0) is 73.3 Å². The molecule has 4 heterocycles. The van der Waals surface area contributed by atoms with E-state index in [1.165, 1.54) is 0 Å². The Kier molecular flexibility index (Phi) is 7.16. The summed E-state index contributed by atoms with van der Waals surface area (Å²) < 4.78 is 64.7. The number of fused-ring (bicyclic) bond motifs is 2. The number of hydrogen-bond acceptors (Lipinski definition) is 5. The minimum Gasteiger partial charge on any atom is -0.423 e. The molecule has 43 heavy (non-hydrogen) atoms. The van der Waals surface area contributed by atoms with Crippen LogP contribution in [0.4, 0.5) is 17.6 Å². The van der Waals surface area contributed by atoms with Crippen LogP contribution in [0.15, 0.2) is 65.9 Å². The fourth-order valence-corrected chi connectivity index (χ4v) is 6.22. The van der Waals surface area contributed by atoms with E-state index in [0.717, 1.165) is 23.3 Å². The van der Waals surface area contributed by atoms with Gasteiger partial charge < -0.3 is 18.9 Å². The van der Waals surface area contributed by atoms with Crippen LogP contribution in [0, 0.1) is 5.82 Å². The number of carbonyl (C=O) groups is 1.